The second-order valence-electron chi connectivity index (χ2n) is 7.83. The van der Waals surface area contributed by atoms with Gasteiger partial charge in [0, 0.05) is 12.1 Å². The first-order chi connectivity index (χ1) is 15.5. The summed E-state index contributed by atoms with van der Waals surface area (Å²) in [4.78, 5) is 27.5. The molecule has 1 aliphatic heterocycles. The van der Waals surface area contributed by atoms with Gasteiger partial charge >= 0.3 is 0 Å². The van der Waals surface area contributed by atoms with Crippen molar-refractivity contribution in [2.45, 2.75) is 25.8 Å². The third-order valence-electron chi connectivity index (χ3n) is 5.85. The molecule has 1 N–H and O–H groups in total. The van der Waals surface area contributed by atoms with Crippen LogP contribution in [0.25, 0.3) is 5.76 Å². The van der Waals surface area contributed by atoms with E-state index >= 15 is 0 Å². The number of rotatable bonds is 6. The number of aliphatic hydroxyl groups is 1. The fraction of sp³-hybridized carbons (Fsp3) is 0.185. The van der Waals surface area contributed by atoms with E-state index in [1.165, 1.54) is 17.0 Å². The Hall–Kier alpha value is -3.73. The molecule has 1 unspecified atom stereocenters. The molecule has 1 amide bonds. The summed E-state index contributed by atoms with van der Waals surface area (Å²) in [5.74, 6) is -1.85. The third kappa shape index (κ3) is 4.19. The van der Waals surface area contributed by atoms with Gasteiger partial charge in [-0.1, -0.05) is 73.7 Å². The number of aliphatic hydroxyl groups excluding tert-OH is 1. The van der Waals surface area contributed by atoms with Crippen LogP contribution in [-0.2, 0) is 22.4 Å². The SMILES string of the molecule is CCc1ccc(/C(O)=C2/C(=O)C(=O)N(CCc3ccc(F)cc3)C2c2ccccc2)cc1. The van der Waals surface area contributed by atoms with Crippen LogP contribution >= 0.6 is 0 Å². The topological polar surface area (TPSA) is 57.6 Å². The van der Waals surface area contributed by atoms with E-state index in [1.54, 1.807) is 24.3 Å². The minimum Gasteiger partial charge on any atom is -0.507 e. The van der Waals surface area contributed by atoms with Gasteiger partial charge in [-0.05, 0) is 41.7 Å². The molecule has 1 saturated heterocycles. The lowest BCUT2D eigenvalue weighted by Gasteiger charge is -2.25. The average Bonchev–Trinajstić information content (AvgIpc) is 3.08. The van der Waals surface area contributed by atoms with E-state index in [2.05, 4.69) is 0 Å². The molecule has 1 atom stereocenters. The fourth-order valence-electron chi connectivity index (χ4n) is 4.05. The van der Waals surface area contributed by atoms with Crippen LogP contribution in [0.1, 0.15) is 35.2 Å². The Kier molecular flexibility index (Phi) is 6.17. The molecule has 0 saturated carbocycles. The van der Waals surface area contributed by atoms with Crippen LogP contribution in [0.2, 0.25) is 0 Å². The molecule has 1 aliphatic rings. The largest absolute Gasteiger partial charge is 0.507 e. The first kappa shape index (κ1) is 21.5. The number of hydrogen-bond donors (Lipinski definition) is 1. The Morgan fingerprint density at radius 1 is 0.906 bits per heavy atom. The number of carbonyl (C=O) groups is 2. The monoisotopic (exact) mass is 429 g/mol. The molecular weight excluding hydrogens is 405 g/mol. The lowest BCUT2D eigenvalue weighted by molar-refractivity contribution is -0.139. The normalized spacial score (nSPS) is 17.7. The molecule has 4 rings (SSSR count). The molecule has 0 radical (unpaired) electrons. The van der Waals surface area contributed by atoms with Gasteiger partial charge in [0.25, 0.3) is 11.7 Å². The average molecular weight is 429 g/mol. The summed E-state index contributed by atoms with van der Waals surface area (Å²) in [7, 11) is 0. The number of benzene rings is 3. The van der Waals surface area contributed by atoms with Crippen molar-refractivity contribution in [1.82, 2.24) is 4.90 Å². The fourth-order valence-corrected chi connectivity index (χ4v) is 4.05. The van der Waals surface area contributed by atoms with Crippen molar-refractivity contribution in [3.63, 3.8) is 0 Å². The molecule has 3 aromatic rings. The van der Waals surface area contributed by atoms with Crippen molar-refractivity contribution in [2.75, 3.05) is 6.54 Å². The minimum absolute atomic E-state index is 0.0876. The van der Waals surface area contributed by atoms with Crippen LogP contribution in [0, 0.1) is 5.82 Å². The Morgan fingerprint density at radius 3 is 2.16 bits per heavy atom. The van der Waals surface area contributed by atoms with Gasteiger partial charge in [-0.25, -0.2) is 4.39 Å². The quantitative estimate of drug-likeness (QED) is 0.339. The Labute approximate surface area is 186 Å². The zero-order valence-corrected chi connectivity index (χ0v) is 17.8. The maximum Gasteiger partial charge on any atom is 0.295 e. The highest BCUT2D eigenvalue weighted by Gasteiger charge is 2.45. The summed E-state index contributed by atoms with van der Waals surface area (Å²) in [6.07, 6.45) is 1.32. The Balaban J connectivity index is 1.73. The maximum atomic E-state index is 13.2. The molecule has 1 heterocycles. The van der Waals surface area contributed by atoms with Gasteiger partial charge in [-0.15, -0.1) is 0 Å². The van der Waals surface area contributed by atoms with Crippen LogP contribution in [0.5, 0.6) is 0 Å². The zero-order chi connectivity index (χ0) is 22.7. The van der Waals surface area contributed by atoms with Crippen molar-refractivity contribution in [2.24, 2.45) is 0 Å². The molecule has 3 aromatic carbocycles. The second-order valence-corrected chi connectivity index (χ2v) is 7.83. The van der Waals surface area contributed by atoms with Crippen molar-refractivity contribution in [1.29, 1.82) is 0 Å². The number of aryl methyl sites for hydroxylation is 1. The van der Waals surface area contributed by atoms with Crippen LogP contribution in [0.3, 0.4) is 0 Å². The molecule has 0 aliphatic carbocycles. The molecule has 0 bridgehead atoms. The molecule has 0 spiro atoms. The van der Waals surface area contributed by atoms with Gasteiger partial charge in [0.1, 0.15) is 11.6 Å². The summed E-state index contributed by atoms with van der Waals surface area (Å²) in [6.45, 7) is 2.30. The summed E-state index contributed by atoms with van der Waals surface area (Å²) < 4.78 is 13.2. The van der Waals surface area contributed by atoms with Crippen LogP contribution < -0.4 is 0 Å². The molecule has 0 aromatic heterocycles. The van der Waals surface area contributed by atoms with E-state index in [0.29, 0.717) is 12.0 Å². The zero-order valence-electron chi connectivity index (χ0n) is 17.8. The standard InChI is InChI=1S/C27H24FNO3/c1-2-18-8-12-21(13-9-18)25(30)23-24(20-6-4-3-5-7-20)29(27(32)26(23)31)17-16-19-10-14-22(28)15-11-19/h3-15,24,30H,2,16-17H2,1H3/b25-23-. The van der Waals surface area contributed by atoms with E-state index in [1.807, 2.05) is 49.4 Å². The van der Waals surface area contributed by atoms with Crippen molar-refractivity contribution in [3.05, 3.63) is 113 Å². The number of hydrogen-bond acceptors (Lipinski definition) is 3. The van der Waals surface area contributed by atoms with E-state index in [4.69, 9.17) is 0 Å². The van der Waals surface area contributed by atoms with Gasteiger partial charge in [-0.3, -0.25) is 9.59 Å². The van der Waals surface area contributed by atoms with E-state index in [0.717, 1.165) is 23.1 Å². The number of ketones is 1. The van der Waals surface area contributed by atoms with Crippen LogP contribution in [0.15, 0.2) is 84.4 Å². The summed E-state index contributed by atoms with van der Waals surface area (Å²) in [6, 6.07) is 21.9. The lowest BCUT2D eigenvalue weighted by Crippen LogP contribution is -2.31. The summed E-state index contributed by atoms with van der Waals surface area (Å²) in [5, 5.41) is 11.1. The van der Waals surface area contributed by atoms with Gasteiger partial charge in [0.2, 0.25) is 0 Å². The first-order valence-corrected chi connectivity index (χ1v) is 10.7. The highest BCUT2D eigenvalue weighted by molar-refractivity contribution is 6.46. The Bertz CT molecular complexity index is 1150. The maximum absolute atomic E-state index is 13.2. The highest BCUT2D eigenvalue weighted by Crippen LogP contribution is 2.39. The van der Waals surface area contributed by atoms with E-state index in [-0.39, 0.29) is 23.7 Å². The highest BCUT2D eigenvalue weighted by atomic mass is 19.1. The molecule has 4 nitrogen and oxygen atoms in total. The number of halogens is 1. The third-order valence-corrected chi connectivity index (χ3v) is 5.85. The number of nitrogens with zero attached hydrogens (tertiary/aromatic N) is 1. The predicted octanol–water partition coefficient (Wildman–Crippen LogP) is 5.05. The molecule has 162 valence electrons. The molecular formula is C27H24FNO3. The first-order valence-electron chi connectivity index (χ1n) is 10.7. The van der Waals surface area contributed by atoms with Gasteiger partial charge in [-0.2, -0.15) is 0 Å². The van der Waals surface area contributed by atoms with Gasteiger partial charge in [0.05, 0.1) is 11.6 Å². The number of Topliss-reactive ketones (excluding diaryl/α,β-unsaturated/α-hetero) is 1. The van der Waals surface area contributed by atoms with Gasteiger partial charge < -0.3 is 10.0 Å². The number of carbonyl (C=O) groups excluding carboxylic acids is 2. The minimum atomic E-state index is -0.699. The van der Waals surface area contributed by atoms with Crippen molar-refractivity contribution < 1.29 is 19.1 Å². The second kappa shape index (κ2) is 9.18. The smallest absolute Gasteiger partial charge is 0.295 e. The molecule has 5 heteroatoms. The molecule has 32 heavy (non-hydrogen) atoms. The molecule has 1 fully saturated rings. The van der Waals surface area contributed by atoms with Crippen LogP contribution in [0.4, 0.5) is 4.39 Å². The predicted molar refractivity (Wildman–Crippen MR) is 121 cm³/mol. The number of likely N-dealkylation sites (tertiary alicyclic amines) is 1. The Morgan fingerprint density at radius 2 is 1.53 bits per heavy atom. The summed E-state index contributed by atoms with van der Waals surface area (Å²) in [5.41, 5.74) is 3.30. The number of amides is 1. The summed E-state index contributed by atoms with van der Waals surface area (Å²) >= 11 is 0. The van der Waals surface area contributed by atoms with E-state index in [9.17, 15) is 19.1 Å². The van der Waals surface area contributed by atoms with E-state index < -0.39 is 17.7 Å². The van der Waals surface area contributed by atoms with Crippen molar-refractivity contribution >= 4 is 17.4 Å². The lowest BCUT2D eigenvalue weighted by atomic mass is 9.95. The van der Waals surface area contributed by atoms with Crippen molar-refractivity contribution in [3.8, 4) is 0 Å². The van der Waals surface area contributed by atoms with Gasteiger partial charge in [0.15, 0.2) is 0 Å². The van der Waals surface area contributed by atoms with Crippen LogP contribution in [-0.4, -0.2) is 28.2 Å².